The van der Waals surface area contributed by atoms with Crippen LogP contribution in [0.3, 0.4) is 0 Å². The van der Waals surface area contributed by atoms with Crippen LogP contribution < -0.4 is 5.69 Å². The normalized spacial score (nSPS) is 10.3. The van der Waals surface area contributed by atoms with E-state index in [1.165, 1.54) is 6.20 Å². The summed E-state index contributed by atoms with van der Waals surface area (Å²) in [6, 6.07) is 3.64. The van der Waals surface area contributed by atoms with Gasteiger partial charge in [0, 0.05) is 18.1 Å². The molecule has 0 aromatic carbocycles. The average molecular weight is 191 g/mol. The number of ketones is 1. The highest BCUT2D eigenvalue weighted by molar-refractivity contribution is 5.95. The Balaban J connectivity index is 2.14. The van der Waals surface area contributed by atoms with Gasteiger partial charge in [0.2, 0.25) is 0 Å². The highest BCUT2D eigenvalue weighted by Crippen LogP contribution is 2.01. The lowest BCUT2D eigenvalue weighted by Gasteiger charge is -1.94. The van der Waals surface area contributed by atoms with Crippen molar-refractivity contribution < 1.29 is 4.79 Å². The van der Waals surface area contributed by atoms with Crippen molar-refractivity contribution in [3.8, 4) is 0 Å². The van der Waals surface area contributed by atoms with Crippen molar-refractivity contribution in [1.29, 1.82) is 0 Å². The van der Waals surface area contributed by atoms with Gasteiger partial charge in [0.1, 0.15) is 5.69 Å². The second-order valence-corrected chi connectivity index (χ2v) is 2.95. The molecule has 0 aliphatic carbocycles. The van der Waals surface area contributed by atoms with Crippen LogP contribution in [0.1, 0.15) is 16.2 Å². The van der Waals surface area contributed by atoms with Gasteiger partial charge in [-0.05, 0) is 12.1 Å². The van der Waals surface area contributed by atoms with Crippen LogP contribution >= 0.6 is 0 Å². The maximum Gasteiger partial charge on any atom is 0.323 e. The molecule has 3 N–H and O–H groups in total. The summed E-state index contributed by atoms with van der Waals surface area (Å²) in [6.45, 7) is 0. The van der Waals surface area contributed by atoms with Gasteiger partial charge in [-0.3, -0.25) is 4.79 Å². The molecule has 0 bridgehead atoms. The third-order valence-corrected chi connectivity index (χ3v) is 1.91. The van der Waals surface area contributed by atoms with E-state index >= 15 is 0 Å². The average Bonchev–Trinajstić information content (AvgIpc) is 2.75. The molecule has 0 amide bonds. The molecule has 2 heterocycles. The van der Waals surface area contributed by atoms with Crippen LogP contribution in [0.15, 0.2) is 29.3 Å². The molecule has 0 fully saturated rings. The van der Waals surface area contributed by atoms with Gasteiger partial charge < -0.3 is 15.0 Å². The van der Waals surface area contributed by atoms with Gasteiger partial charge in [0.15, 0.2) is 5.78 Å². The lowest BCUT2D eigenvalue weighted by molar-refractivity contribution is 0.0987. The van der Waals surface area contributed by atoms with Crippen LogP contribution in [-0.2, 0) is 6.42 Å². The van der Waals surface area contributed by atoms with E-state index in [0.29, 0.717) is 5.69 Å². The van der Waals surface area contributed by atoms with Crippen LogP contribution in [0, 0.1) is 0 Å². The SMILES string of the molecule is O=C(Cc1ccc[nH]1)c1c[nH]c(=O)[nH]1. The van der Waals surface area contributed by atoms with E-state index < -0.39 is 0 Å². The van der Waals surface area contributed by atoms with E-state index in [-0.39, 0.29) is 17.9 Å². The van der Waals surface area contributed by atoms with E-state index in [2.05, 4.69) is 15.0 Å². The Morgan fingerprint density at radius 3 is 2.79 bits per heavy atom. The van der Waals surface area contributed by atoms with Crippen molar-refractivity contribution in [3.05, 3.63) is 46.4 Å². The first-order valence-corrected chi connectivity index (χ1v) is 4.19. The Morgan fingerprint density at radius 1 is 1.36 bits per heavy atom. The Kier molecular flexibility index (Phi) is 2.06. The van der Waals surface area contributed by atoms with Gasteiger partial charge in [0.05, 0.1) is 6.42 Å². The fraction of sp³-hybridized carbons (Fsp3) is 0.111. The number of carbonyl (C=O) groups is 1. The third-order valence-electron chi connectivity index (χ3n) is 1.91. The molecular weight excluding hydrogens is 182 g/mol. The highest BCUT2D eigenvalue weighted by atomic mass is 16.1. The van der Waals surface area contributed by atoms with E-state index in [1.807, 2.05) is 12.1 Å². The van der Waals surface area contributed by atoms with Gasteiger partial charge in [-0.2, -0.15) is 0 Å². The molecule has 14 heavy (non-hydrogen) atoms. The van der Waals surface area contributed by atoms with E-state index in [9.17, 15) is 9.59 Å². The molecule has 2 rings (SSSR count). The molecule has 5 heteroatoms. The van der Waals surface area contributed by atoms with E-state index in [1.54, 1.807) is 6.20 Å². The van der Waals surface area contributed by atoms with Crippen LogP contribution in [0.25, 0.3) is 0 Å². The maximum atomic E-state index is 11.5. The summed E-state index contributed by atoms with van der Waals surface area (Å²) in [6.07, 6.45) is 3.40. The van der Waals surface area contributed by atoms with Crippen molar-refractivity contribution in [2.45, 2.75) is 6.42 Å². The first-order chi connectivity index (χ1) is 6.75. The smallest absolute Gasteiger partial charge is 0.323 e. The van der Waals surface area contributed by atoms with Crippen LogP contribution in [0.2, 0.25) is 0 Å². The molecule has 2 aromatic rings. The number of aromatic nitrogens is 3. The molecular formula is C9H9N3O2. The van der Waals surface area contributed by atoms with Crippen LogP contribution in [0.4, 0.5) is 0 Å². The van der Waals surface area contributed by atoms with Crippen molar-refractivity contribution in [3.63, 3.8) is 0 Å². The number of hydrogen-bond acceptors (Lipinski definition) is 2. The van der Waals surface area contributed by atoms with Crippen LogP contribution in [-0.4, -0.2) is 20.7 Å². The minimum absolute atomic E-state index is 0.120. The fourth-order valence-electron chi connectivity index (χ4n) is 1.23. The first-order valence-electron chi connectivity index (χ1n) is 4.19. The Morgan fingerprint density at radius 2 is 2.21 bits per heavy atom. The number of hydrogen-bond donors (Lipinski definition) is 3. The molecule has 72 valence electrons. The monoisotopic (exact) mass is 191 g/mol. The number of H-pyrrole nitrogens is 3. The number of nitrogens with one attached hydrogen (secondary N) is 3. The second kappa shape index (κ2) is 3.37. The molecule has 0 unspecified atom stereocenters. The zero-order chi connectivity index (χ0) is 9.97. The minimum Gasteiger partial charge on any atom is -0.365 e. The Hall–Kier alpha value is -2.04. The minimum atomic E-state index is -0.361. The first kappa shape index (κ1) is 8.55. The second-order valence-electron chi connectivity index (χ2n) is 2.95. The van der Waals surface area contributed by atoms with Gasteiger partial charge in [-0.1, -0.05) is 0 Å². The van der Waals surface area contributed by atoms with E-state index in [0.717, 1.165) is 5.69 Å². The molecule has 0 spiro atoms. The molecule has 0 aliphatic rings. The van der Waals surface area contributed by atoms with Crippen molar-refractivity contribution >= 4 is 5.78 Å². The van der Waals surface area contributed by atoms with Gasteiger partial charge >= 0.3 is 5.69 Å². The molecule has 0 saturated carbocycles. The molecule has 5 nitrogen and oxygen atoms in total. The third kappa shape index (κ3) is 1.66. The highest BCUT2D eigenvalue weighted by Gasteiger charge is 2.08. The summed E-state index contributed by atoms with van der Waals surface area (Å²) < 4.78 is 0. The summed E-state index contributed by atoms with van der Waals surface area (Å²) in [5.41, 5.74) is 0.779. The van der Waals surface area contributed by atoms with Crippen molar-refractivity contribution in [2.75, 3.05) is 0 Å². The number of aromatic amines is 3. The van der Waals surface area contributed by atoms with Gasteiger partial charge in [-0.15, -0.1) is 0 Å². The number of rotatable bonds is 3. The molecule has 0 aliphatic heterocycles. The standard InChI is InChI=1S/C9H9N3O2/c13-8(4-6-2-1-3-10-6)7-5-11-9(14)12-7/h1-3,5,10H,4H2,(H2,11,12,14). The summed E-state index contributed by atoms with van der Waals surface area (Å²) in [5, 5.41) is 0. The van der Waals surface area contributed by atoms with Gasteiger partial charge in [0.25, 0.3) is 0 Å². The lowest BCUT2D eigenvalue weighted by atomic mass is 10.2. The summed E-state index contributed by atoms with van der Waals surface area (Å²) >= 11 is 0. The topological polar surface area (TPSA) is 81.5 Å². The van der Waals surface area contributed by atoms with Crippen molar-refractivity contribution in [1.82, 2.24) is 15.0 Å². The van der Waals surface area contributed by atoms with Gasteiger partial charge in [-0.25, -0.2) is 4.79 Å². The summed E-state index contributed by atoms with van der Waals surface area (Å²) in [5.74, 6) is -0.120. The summed E-state index contributed by atoms with van der Waals surface area (Å²) in [4.78, 5) is 30.0. The molecule has 0 atom stereocenters. The van der Waals surface area contributed by atoms with E-state index in [4.69, 9.17) is 0 Å². The Bertz CT molecular complexity index is 478. The fourth-order valence-corrected chi connectivity index (χ4v) is 1.23. The number of Topliss-reactive ketones (excluding diaryl/α,β-unsaturated/α-hetero) is 1. The molecule has 0 radical (unpaired) electrons. The molecule has 2 aromatic heterocycles. The van der Waals surface area contributed by atoms with Crippen molar-refractivity contribution in [2.24, 2.45) is 0 Å². The number of carbonyl (C=O) groups excluding carboxylic acids is 1. The summed E-state index contributed by atoms with van der Waals surface area (Å²) in [7, 11) is 0. The zero-order valence-corrected chi connectivity index (χ0v) is 7.33. The Labute approximate surface area is 79.2 Å². The quantitative estimate of drug-likeness (QED) is 0.616. The lowest BCUT2D eigenvalue weighted by Crippen LogP contribution is -2.07. The maximum absolute atomic E-state index is 11.5. The largest absolute Gasteiger partial charge is 0.365 e. The predicted octanol–water partition coefficient (Wildman–Crippen LogP) is 0.456. The zero-order valence-electron chi connectivity index (χ0n) is 7.33. The predicted molar refractivity (Wildman–Crippen MR) is 50.2 cm³/mol. The van der Waals surface area contributed by atoms with Crippen LogP contribution in [0.5, 0.6) is 0 Å². The molecule has 0 saturated heterocycles. The number of imidazole rings is 1.